The van der Waals surface area contributed by atoms with Crippen LogP contribution in [0.1, 0.15) is 11.3 Å². The highest BCUT2D eigenvalue weighted by atomic mass is 16.5. The van der Waals surface area contributed by atoms with Gasteiger partial charge in [-0.05, 0) is 42.0 Å². The lowest BCUT2D eigenvalue weighted by Crippen LogP contribution is -2.21. The van der Waals surface area contributed by atoms with Crippen molar-refractivity contribution in [2.45, 2.75) is 6.42 Å². The van der Waals surface area contributed by atoms with Crippen molar-refractivity contribution in [1.82, 2.24) is 9.55 Å². The Morgan fingerprint density at radius 3 is 2.19 bits per heavy atom. The largest absolute Gasteiger partial charge is 0.497 e. The highest BCUT2D eigenvalue weighted by Crippen LogP contribution is 2.30. The number of ether oxygens (including phenoxy) is 1. The molecule has 2 amide bonds. The van der Waals surface area contributed by atoms with Crippen molar-refractivity contribution in [2.75, 3.05) is 17.7 Å². The molecular formula is C25H24N4O2. The van der Waals surface area contributed by atoms with Crippen molar-refractivity contribution in [3.8, 4) is 17.0 Å². The van der Waals surface area contributed by atoms with E-state index in [0.717, 1.165) is 28.3 Å². The van der Waals surface area contributed by atoms with E-state index in [1.807, 2.05) is 84.4 Å². The molecule has 0 fully saturated rings. The zero-order valence-electron chi connectivity index (χ0n) is 17.5. The van der Waals surface area contributed by atoms with E-state index in [-0.39, 0.29) is 6.03 Å². The van der Waals surface area contributed by atoms with Crippen LogP contribution in [0.25, 0.3) is 11.3 Å². The number of carbonyl (C=O) groups excluding carboxylic acids is 1. The SMILES string of the molecule is COc1ccc(-c2c(Cc3ccccc3)nc(NC(=O)Nc3ccccc3)n2C)cc1. The van der Waals surface area contributed by atoms with Crippen molar-refractivity contribution in [3.63, 3.8) is 0 Å². The van der Waals surface area contributed by atoms with Crippen LogP contribution >= 0.6 is 0 Å². The Bertz CT molecular complexity index is 1150. The third kappa shape index (κ3) is 4.75. The maximum Gasteiger partial charge on any atom is 0.326 e. The van der Waals surface area contributed by atoms with Crippen LogP contribution in [-0.4, -0.2) is 22.7 Å². The number of anilines is 2. The minimum Gasteiger partial charge on any atom is -0.497 e. The van der Waals surface area contributed by atoms with Gasteiger partial charge < -0.3 is 14.6 Å². The van der Waals surface area contributed by atoms with Gasteiger partial charge in [0.05, 0.1) is 18.5 Å². The summed E-state index contributed by atoms with van der Waals surface area (Å²) in [5, 5.41) is 5.71. The van der Waals surface area contributed by atoms with Crippen LogP contribution in [0.15, 0.2) is 84.9 Å². The van der Waals surface area contributed by atoms with Gasteiger partial charge in [0.2, 0.25) is 5.95 Å². The summed E-state index contributed by atoms with van der Waals surface area (Å²) in [5.74, 6) is 1.27. The summed E-state index contributed by atoms with van der Waals surface area (Å²) in [5.41, 5.74) is 4.69. The molecule has 0 unspecified atom stereocenters. The number of imidazole rings is 1. The van der Waals surface area contributed by atoms with Crippen LogP contribution < -0.4 is 15.4 Å². The molecule has 31 heavy (non-hydrogen) atoms. The minimum atomic E-state index is -0.341. The molecule has 0 radical (unpaired) electrons. The predicted octanol–water partition coefficient (Wildman–Crippen LogP) is 5.33. The van der Waals surface area contributed by atoms with Gasteiger partial charge in [-0.3, -0.25) is 5.32 Å². The number of nitrogens with zero attached hydrogens (tertiary/aromatic N) is 2. The second-order valence-corrected chi connectivity index (χ2v) is 7.13. The van der Waals surface area contributed by atoms with E-state index in [4.69, 9.17) is 9.72 Å². The molecule has 0 bridgehead atoms. The summed E-state index contributed by atoms with van der Waals surface area (Å²) in [6.07, 6.45) is 0.651. The number of rotatable bonds is 6. The fraction of sp³-hybridized carbons (Fsp3) is 0.120. The van der Waals surface area contributed by atoms with E-state index in [0.29, 0.717) is 18.1 Å². The lowest BCUT2D eigenvalue weighted by atomic mass is 10.0. The van der Waals surface area contributed by atoms with Crippen LogP contribution in [0.3, 0.4) is 0 Å². The second-order valence-electron chi connectivity index (χ2n) is 7.13. The minimum absolute atomic E-state index is 0.341. The van der Waals surface area contributed by atoms with E-state index >= 15 is 0 Å². The Balaban J connectivity index is 1.66. The Morgan fingerprint density at radius 1 is 0.903 bits per heavy atom. The monoisotopic (exact) mass is 412 g/mol. The number of para-hydroxylation sites is 1. The Morgan fingerprint density at radius 2 is 1.55 bits per heavy atom. The van der Waals surface area contributed by atoms with Crippen molar-refractivity contribution in [1.29, 1.82) is 0 Å². The molecule has 4 rings (SSSR count). The van der Waals surface area contributed by atoms with E-state index in [9.17, 15) is 4.79 Å². The van der Waals surface area contributed by atoms with Crippen molar-refractivity contribution in [2.24, 2.45) is 7.05 Å². The quantitative estimate of drug-likeness (QED) is 0.450. The van der Waals surface area contributed by atoms with Gasteiger partial charge in [0.25, 0.3) is 0 Å². The van der Waals surface area contributed by atoms with E-state index in [1.54, 1.807) is 7.11 Å². The highest BCUT2D eigenvalue weighted by molar-refractivity contribution is 5.99. The first-order valence-electron chi connectivity index (χ1n) is 10.0. The van der Waals surface area contributed by atoms with Gasteiger partial charge in [-0.15, -0.1) is 0 Å². The zero-order valence-corrected chi connectivity index (χ0v) is 17.5. The maximum atomic E-state index is 12.5. The van der Waals surface area contributed by atoms with Crippen LogP contribution in [0.5, 0.6) is 5.75 Å². The lowest BCUT2D eigenvalue weighted by molar-refractivity contribution is 0.262. The number of amides is 2. The summed E-state index contributed by atoms with van der Waals surface area (Å²) in [4.78, 5) is 17.3. The molecule has 0 saturated carbocycles. The molecule has 2 N–H and O–H groups in total. The summed E-state index contributed by atoms with van der Waals surface area (Å²) >= 11 is 0. The number of hydrogen-bond acceptors (Lipinski definition) is 3. The van der Waals surface area contributed by atoms with Gasteiger partial charge >= 0.3 is 6.03 Å². The van der Waals surface area contributed by atoms with Gasteiger partial charge in [0.15, 0.2) is 0 Å². The van der Waals surface area contributed by atoms with Crippen LogP contribution in [-0.2, 0) is 13.5 Å². The molecule has 0 spiro atoms. The Kier molecular flexibility index (Phi) is 5.98. The molecule has 0 aliphatic heterocycles. The third-order valence-electron chi connectivity index (χ3n) is 5.00. The van der Waals surface area contributed by atoms with E-state index in [1.165, 1.54) is 0 Å². The van der Waals surface area contributed by atoms with Gasteiger partial charge in [-0.1, -0.05) is 48.5 Å². The number of urea groups is 1. The number of carbonyl (C=O) groups is 1. The van der Waals surface area contributed by atoms with E-state index < -0.39 is 0 Å². The zero-order chi connectivity index (χ0) is 21.6. The first-order chi connectivity index (χ1) is 15.1. The average molecular weight is 412 g/mol. The molecule has 0 atom stereocenters. The van der Waals surface area contributed by atoms with Gasteiger partial charge in [-0.25, -0.2) is 9.78 Å². The Labute approximate surface area is 181 Å². The molecular weight excluding hydrogens is 388 g/mol. The summed E-state index contributed by atoms with van der Waals surface area (Å²) in [7, 11) is 3.55. The molecule has 4 aromatic rings. The first-order valence-corrected chi connectivity index (χ1v) is 10.0. The third-order valence-corrected chi connectivity index (χ3v) is 5.00. The maximum absolute atomic E-state index is 12.5. The first kappa shape index (κ1) is 20.2. The molecule has 6 heteroatoms. The molecule has 0 saturated heterocycles. The number of aromatic nitrogens is 2. The average Bonchev–Trinajstić information content (AvgIpc) is 3.09. The number of hydrogen-bond donors (Lipinski definition) is 2. The molecule has 6 nitrogen and oxygen atoms in total. The standard InChI is InChI=1S/C25H24N4O2/c1-29-23(19-13-15-21(31-2)16-14-19)22(17-18-9-5-3-6-10-18)27-24(29)28-25(30)26-20-11-7-4-8-12-20/h3-16H,17H2,1-2H3,(H2,26,27,28,30). The van der Waals surface area contributed by atoms with Gasteiger partial charge in [-0.2, -0.15) is 0 Å². The molecule has 3 aromatic carbocycles. The topological polar surface area (TPSA) is 68.2 Å². The van der Waals surface area contributed by atoms with Crippen molar-refractivity contribution < 1.29 is 9.53 Å². The van der Waals surface area contributed by atoms with Crippen LogP contribution in [0, 0.1) is 0 Å². The van der Waals surface area contributed by atoms with Crippen molar-refractivity contribution in [3.05, 3.63) is 96.2 Å². The Hall–Kier alpha value is -4.06. The summed E-state index contributed by atoms with van der Waals surface area (Å²) in [6.45, 7) is 0. The fourth-order valence-electron chi connectivity index (χ4n) is 3.47. The van der Waals surface area contributed by atoms with Crippen LogP contribution in [0.2, 0.25) is 0 Å². The molecule has 0 aliphatic carbocycles. The van der Waals surface area contributed by atoms with Crippen LogP contribution in [0.4, 0.5) is 16.4 Å². The highest BCUT2D eigenvalue weighted by Gasteiger charge is 2.18. The van der Waals surface area contributed by atoms with Crippen molar-refractivity contribution >= 4 is 17.7 Å². The van der Waals surface area contributed by atoms with E-state index in [2.05, 4.69) is 22.8 Å². The smallest absolute Gasteiger partial charge is 0.326 e. The number of methoxy groups -OCH3 is 1. The van der Waals surface area contributed by atoms with Gasteiger partial charge in [0, 0.05) is 24.7 Å². The fourth-order valence-corrected chi connectivity index (χ4v) is 3.47. The number of nitrogens with one attached hydrogen (secondary N) is 2. The summed E-state index contributed by atoms with van der Waals surface area (Å²) < 4.78 is 7.20. The normalized spacial score (nSPS) is 10.5. The van der Waals surface area contributed by atoms with Gasteiger partial charge in [0.1, 0.15) is 5.75 Å². The molecule has 1 heterocycles. The second kappa shape index (κ2) is 9.17. The summed E-state index contributed by atoms with van der Waals surface area (Å²) in [6, 6.07) is 27.0. The lowest BCUT2D eigenvalue weighted by Gasteiger charge is -2.10. The predicted molar refractivity (Wildman–Crippen MR) is 124 cm³/mol. The molecule has 156 valence electrons. The molecule has 1 aromatic heterocycles. The number of benzene rings is 3. The molecule has 0 aliphatic rings.